The van der Waals surface area contributed by atoms with Crippen molar-refractivity contribution in [1.29, 1.82) is 5.26 Å². The van der Waals surface area contributed by atoms with E-state index in [9.17, 15) is 10.1 Å². The zero-order valence-corrected chi connectivity index (χ0v) is 17.2. The molecule has 0 aliphatic carbocycles. The Morgan fingerprint density at radius 2 is 1.73 bits per heavy atom. The molecule has 0 aliphatic heterocycles. The van der Waals surface area contributed by atoms with Crippen LogP contribution in [0.3, 0.4) is 0 Å². The largest absolute Gasteiger partial charge is 0.461 e. The summed E-state index contributed by atoms with van der Waals surface area (Å²) in [5.74, 6) is -0.474. The molecule has 0 fully saturated rings. The van der Waals surface area contributed by atoms with Crippen LogP contribution in [0.5, 0.6) is 0 Å². The van der Waals surface area contributed by atoms with Crippen LogP contribution in [-0.2, 0) is 11.3 Å². The van der Waals surface area contributed by atoms with Crippen molar-refractivity contribution in [2.45, 2.75) is 13.5 Å². The van der Waals surface area contributed by atoms with Crippen molar-refractivity contribution in [2.24, 2.45) is 0 Å². The van der Waals surface area contributed by atoms with Crippen molar-refractivity contribution < 1.29 is 9.53 Å². The fraction of sp³-hybridized carbons (Fsp3) is 0.120. The van der Waals surface area contributed by atoms with E-state index in [-0.39, 0.29) is 6.61 Å². The first-order chi connectivity index (χ1) is 14.6. The summed E-state index contributed by atoms with van der Waals surface area (Å²) in [5.41, 5.74) is 4.81. The second-order valence-electron chi connectivity index (χ2n) is 6.88. The zero-order valence-electron chi connectivity index (χ0n) is 16.4. The number of aromatic nitrogens is 1. The van der Waals surface area contributed by atoms with E-state index in [1.807, 2.05) is 34.9 Å². The number of nitrogens with zero attached hydrogens (tertiary/aromatic N) is 2. The molecule has 0 radical (unpaired) electrons. The molecular weight excluding hydrogens is 396 g/mol. The molecule has 0 saturated heterocycles. The maximum Gasteiger partial charge on any atom is 0.356 e. The molecule has 5 heteroatoms. The topological polar surface area (TPSA) is 55.0 Å². The average molecular weight is 415 g/mol. The summed E-state index contributed by atoms with van der Waals surface area (Å²) in [6.45, 7) is 2.45. The average Bonchev–Trinajstić information content (AvgIpc) is 3.06. The number of hydrogen-bond acceptors (Lipinski definition) is 3. The Labute approximate surface area is 179 Å². The second kappa shape index (κ2) is 8.44. The fourth-order valence-electron chi connectivity index (χ4n) is 3.56. The van der Waals surface area contributed by atoms with E-state index >= 15 is 0 Å². The van der Waals surface area contributed by atoms with Crippen LogP contribution in [0, 0.1) is 11.3 Å². The molecule has 3 aromatic carbocycles. The summed E-state index contributed by atoms with van der Waals surface area (Å²) in [4.78, 5) is 12.6. The van der Waals surface area contributed by atoms with Gasteiger partial charge in [-0.3, -0.25) is 0 Å². The van der Waals surface area contributed by atoms with E-state index in [0.29, 0.717) is 22.8 Å². The smallest absolute Gasteiger partial charge is 0.356 e. The first-order valence-corrected chi connectivity index (χ1v) is 10.0. The zero-order chi connectivity index (χ0) is 21.1. The predicted molar refractivity (Wildman–Crippen MR) is 119 cm³/mol. The third-order valence-electron chi connectivity index (χ3n) is 5.00. The molecule has 1 heterocycles. The summed E-state index contributed by atoms with van der Waals surface area (Å²) >= 11 is 6.56. The number of rotatable bonds is 5. The van der Waals surface area contributed by atoms with Crippen molar-refractivity contribution in [1.82, 2.24) is 4.57 Å². The molecule has 148 valence electrons. The number of hydrogen-bond donors (Lipinski definition) is 0. The maximum atomic E-state index is 12.6. The molecule has 0 spiro atoms. The molecule has 30 heavy (non-hydrogen) atoms. The van der Waals surface area contributed by atoms with E-state index in [2.05, 4.69) is 30.3 Å². The van der Waals surface area contributed by atoms with Crippen LogP contribution in [0.4, 0.5) is 0 Å². The molecule has 0 N–H and O–H groups in total. The van der Waals surface area contributed by atoms with E-state index in [4.69, 9.17) is 16.3 Å². The summed E-state index contributed by atoms with van der Waals surface area (Å²) in [5, 5.41) is 10.4. The van der Waals surface area contributed by atoms with Gasteiger partial charge in [-0.05, 0) is 41.8 Å². The lowest BCUT2D eigenvalue weighted by atomic mass is 10.0. The number of carbonyl (C=O) groups excluding carboxylic acids is 1. The normalized spacial score (nSPS) is 10.7. The number of esters is 1. The molecule has 4 aromatic rings. The van der Waals surface area contributed by atoms with Gasteiger partial charge >= 0.3 is 5.97 Å². The van der Waals surface area contributed by atoms with Crippen LogP contribution in [-0.4, -0.2) is 17.1 Å². The first-order valence-electron chi connectivity index (χ1n) is 9.65. The molecule has 1 aromatic heterocycles. The van der Waals surface area contributed by atoms with Crippen molar-refractivity contribution in [2.75, 3.05) is 6.61 Å². The molecular formula is C25H19ClN2O2. The summed E-state index contributed by atoms with van der Waals surface area (Å²) in [7, 11) is 0. The summed E-state index contributed by atoms with van der Waals surface area (Å²) < 4.78 is 7.07. The number of carbonyl (C=O) groups is 1. The van der Waals surface area contributed by atoms with Crippen LogP contribution in [0.2, 0.25) is 5.02 Å². The third-order valence-corrected chi connectivity index (χ3v) is 5.39. The minimum Gasteiger partial charge on any atom is -0.461 e. The molecule has 0 unspecified atom stereocenters. The maximum absolute atomic E-state index is 12.6. The Morgan fingerprint density at radius 3 is 2.40 bits per heavy atom. The first kappa shape index (κ1) is 19.8. The van der Waals surface area contributed by atoms with Gasteiger partial charge in [-0.25, -0.2) is 4.79 Å². The molecule has 0 saturated carbocycles. The molecule has 4 nitrogen and oxygen atoms in total. The lowest BCUT2D eigenvalue weighted by Crippen LogP contribution is -2.13. The van der Waals surface area contributed by atoms with Gasteiger partial charge in [-0.15, -0.1) is 0 Å². The van der Waals surface area contributed by atoms with Crippen LogP contribution in [0.1, 0.15) is 28.5 Å². The van der Waals surface area contributed by atoms with Crippen LogP contribution in [0.15, 0.2) is 72.8 Å². The van der Waals surface area contributed by atoms with Gasteiger partial charge in [0.15, 0.2) is 0 Å². The van der Waals surface area contributed by atoms with Gasteiger partial charge < -0.3 is 9.30 Å². The highest BCUT2D eigenvalue weighted by atomic mass is 35.5. The Bertz CT molecular complexity index is 1250. The summed E-state index contributed by atoms with van der Waals surface area (Å²) in [6.07, 6.45) is 0. The Balaban J connectivity index is 1.78. The van der Waals surface area contributed by atoms with Gasteiger partial charge in [0, 0.05) is 11.9 Å². The highest BCUT2D eigenvalue weighted by Gasteiger charge is 2.23. The standard InChI is InChI=1S/C25H19ClN2O2/c1-2-30-25(29)24-23(26)21-13-10-18(15-27)14-22(21)28(24)16-17-8-11-20(12-9-17)19-6-4-3-5-7-19/h3-14H,2,16H2,1H3. The van der Waals surface area contributed by atoms with Crippen molar-refractivity contribution in [3.05, 3.63) is 94.6 Å². The highest BCUT2D eigenvalue weighted by Crippen LogP contribution is 2.33. The van der Waals surface area contributed by atoms with E-state index in [1.54, 1.807) is 25.1 Å². The minimum atomic E-state index is -0.474. The highest BCUT2D eigenvalue weighted by molar-refractivity contribution is 6.38. The SMILES string of the molecule is CCOC(=O)c1c(Cl)c2ccc(C#N)cc2n1Cc1ccc(-c2ccccc2)cc1. The molecule has 0 amide bonds. The Hall–Kier alpha value is -3.55. The van der Waals surface area contributed by atoms with Gasteiger partial charge in [0.1, 0.15) is 5.69 Å². The lowest BCUT2D eigenvalue weighted by Gasteiger charge is -2.11. The van der Waals surface area contributed by atoms with E-state index in [1.165, 1.54) is 0 Å². The quantitative estimate of drug-likeness (QED) is 0.373. The lowest BCUT2D eigenvalue weighted by molar-refractivity contribution is 0.0515. The van der Waals surface area contributed by atoms with Gasteiger partial charge in [0.2, 0.25) is 0 Å². The van der Waals surface area contributed by atoms with Gasteiger partial charge in [0.25, 0.3) is 0 Å². The summed E-state index contributed by atoms with van der Waals surface area (Å²) in [6, 6.07) is 25.7. The molecule has 0 bridgehead atoms. The predicted octanol–water partition coefficient (Wildman–Crippen LogP) is 6.06. The fourth-order valence-corrected chi connectivity index (χ4v) is 3.89. The van der Waals surface area contributed by atoms with Crippen molar-refractivity contribution in [3.63, 3.8) is 0 Å². The van der Waals surface area contributed by atoms with Crippen LogP contribution < -0.4 is 0 Å². The van der Waals surface area contributed by atoms with E-state index < -0.39 is 5.97 Å². The third kappa shape index (κ3) is 3.68. The van der Waals surface area contributed by atoms with Crippen LogP contribution in [0.25, 0.3) is 22.0 Å². The van der Waals surface area contributed by atoms with Gasteiger partial charge in [-0.2, -0.15) is 5.26 Å². The van der Waals surface area contributed by atoms with Crippen LogP contribution >= 0.6 is 11.6 Å². The van der Waals surface area contributed by atoms with E-state index in [0.717, 1.165) is 27.6 Å². The van der Waals surface area contributed by atoms with Crippen molar-refractivity contribution >= 4 is 28.5 Å². The number of ether oxygens (including phenoxy) is 1. The second-order valence-corrected chi connectivity index (χ2v) is 7.25. The molecule has 0 atom stereocenters. The van der Waals surface area contributed by atoms with Gasteiger partial charge in [0.05, 0.1) is 28.8 Å². The number of nitriles is 1. The Kier molecular flexibility index (Phi) is 5.56. The van der Waals surface area contributed by atoms with Gasteiger partial charge in [-0.1, -0.05) is 66.2 Å². The number of benzene rings is 3. The monoisotopic (exact) mass is 414 g/mol. The Morgan fingerprint density at radius 1 is 1.03 bits per heavy atom. The molecule has 4 rings (SSSR count). The number of halogens is 1. The molecule has 0 aliphatic rings. The minimum absolute atomic E-state index is 0.256. The van der Waals surface area contributed by atoms with Crippen molar-refractivity contribution in [3.8, 4) is 17.2 Å². The number of fused-ring (bicyclic) bond motifs is 1.